The van der Waals surface area contributed by atoms with Crippen molar-refractivity contribution < 1.29 is 22.7 Å². The SMILES string of the molecule is CC(=O)NC(C)Cc1ccc(-c2cnc(OC(C)CC(F)(F)F)nc2)cc1. The molecule has 27 heavy (non-hydrogen) atoms. The van der Waals surface area contributed by atoms with Crippen LogP contribution < -0.4 is 10.1 Å². The van der Waals surface area contributed by atoms with Crippen LogP contribution in [-0.4, -0.2) is 34.2 Å². The Morgan fingerprint density at radius 2 is 1.70 bits per heavy atom. The molecule has 0 bridgehead atoms. The number of aromatic nitrogens is 2. The van der Waals surface area contributed by atoms with E-state index in [1.54, 1.807) is 0 Å². The average molecular weight is 381 g/mol. The number of rotatable bonds is 7. The smallest absolute Gasteiger partial charge is 0.392 e. The Morgan fingerprint density at radius 3 is 2.22 bits per heavy atom. The number of carbonyl (C=O) groups excluding carboxylic acids is 1. The highest BCUT2D eigenvalue weighted by molar-refractivity contribution is 5.73. The number of carbonyl (C=O) groups is 1. The van der Waals surface area contributed by atoms with E-state index in [-0.39, 0.29) is 18.0 Å². The van der Waals surface area contributed by atoms with Crippen LogP contribution in [0.1, 0.15) is 32.8 Å². The third-order valence-electron chi connectivity index (χ3n) is 3.73. The predicted octanol–water partition coefficient (Wildman–Crippen LogP) is 3.93. The maximum atomic E-state index is 12.3. The molecule has 8 heteroatoms. The fourth-order valence-corrected chi connectivity index (χ4v) is 2.66. The van der Waals surface area contributed by atoms with Gasteiger partial charge in [0.2, 0.25) is 5.91 Å². The number of halogens is 3. The third-order valence-corrected chi connectivity index (χ3v) is 3.73. The summed E-state index contributed by atoms with van der Waals surface area (Å²) in [5, 5.41) is 2.83. The van der Waals surface area contributed by atoms with E-state index in [9.17, 15) is 18.0 Å². The highest BCUT2D eigenvalue weighted by Gasteiger charge is 2.31. The van der Waals surface area contributed by atoms with Crippen molar-refractivity contribution in [3.05, 3.63) is 42.2 Å². The van der Waals surface area contributed by atoms with Gasteiger partial charge in [0.1, 0.15) is 6.10 Å². The average Bonchev–Trinajstić information content (AvgIpc) is 2.53. The maximum absolute atomic E-state index is 12.3. The summed E-state index contributed by atoms with van der Waals surface area (Å²) in [7, 11) is 0. The number of nitrogens with one attached hydrogen (secondary N) is 1. The number of amides is 1. The lowest BCUT2D eigenvalue weighted by Crippen LogP contribution is -2.31. The quantitative estimate of drug-likeness (QED) is 0.789. The molecule has 0 aliphatic carbocycles. The van der Waals surface area contributed by atoms with Crippen LogP contribution in [0.2, 0.25) is 0 Å². The van der Waals surface area contributed by atoms with Crippen molar-refractivity contribution >= 4 is 5.91 Å². The van der Waals surface area contributed by atoms with E-state index in [2.05, 4.69) is 15.3 Å². The number of ether oxygens (including phenoxy) is 1. The molecule has 2 atom stereocenters. The largest absolute Gasteiger partial charge is 0.460 e. The lowest BCUT2D eigenvalue weighted by atomic mass is 10.0. The molecule has 0 aliphatic rings. The van der Waals surface area contributed by atoms with Crippen LogP contribution in [0.15, 0.2) is 36.7 Å². The van der Waals surface area contributed by atoms with Crippen molar-refractivity contribution in [3.63, 3.8) is 0 Å². The summed E-state index contributed by atoms with van der Waals surface area (Å²) in [6.07, 6.45) is -2.68. The molecule has 2 rings (SSSR count). The van der Waals surface area contributed by atoms with Crippen molar-refractivity contribution in [2.45, 2.75) is 51.9 Å². The lowest BCUT2D eigenvalue weighted by Gasteiger charge is -2.15. The monoisotopic (exact) mass is 381 g/mol. The summed E-state index contributed by atoms with van der Waals surface area (Å²) in [5.41, 5.74) is 2.68. The second-order valence-corrected chi connectivity index (χ2v) is 6.50. The number of alkyl halides is 3. The van der Waals surface area contributed by atoms with Gasteiger partial charge in [-0.15, -0.1) is 0 Å². The van der Waals surface area contributed by atoms with Crippen LogP contribution >= 0.6 is 0 Å². The van der Waals surface area contributed by atoms with Crippen molar-refractivity contribution in [2.75, 3.05) is 0 Å². The minimum Gasteiger partial charge on any atom is -0.460 e. The van der Waals surface area contributed by atoms with Crippen LogP contribution in [0.3, 0.4) is 0 Å². The van der Waals surface area contributed by atoms with E-state index in [1.807, 2.05) is 31.2 Å². The van der Waals surface area contributed by atoms with Gasteiger partial charge < -0.3 is 10.1 Å². The zero-order valence-electron chi connectivity index (χ0n) is 15.4. The van der Waals surface area contributed by atoms with Crippen LogP contribution in [0.5, 0.6) is 6.01 Å². The lowest BCUT2D eigenvalue weighted by molar-refractivity contribution is -0.149. The number of benzene rings is 1. The third kappa shape index (κ3) is 7.24. The van der Waals surface area contributed by atoms with Gasteiger partial charge in [0.15, 0.2) is 0 Å². The molecule has 0 saturated carbocycles. The fourth-order valence-electron chi connectivity index (χ4n) is 2.66. The van der Waals surface area contributed by atoms with E-state index < -0.39 is 18.7 Å². The minimum absolute atomic E-state index is 0.0341. The van der Waals surface area contributed by atoms with Crippen LogP contribution in [0, 0.1) is 0 Å². The van der Waals surface area contributed by atoms with Gasteiger partial charge in [0, 0.05) is 30.9 Å². The van der Waals surface area contributed by atoms with Crippen molar-refractivity contribution in [1.82, 2.24) is 15.3 Å². The van der Waals surface area contributed by atoms with Gasteiger partial charge >= 0.3 is 12.2 Å². The number of hydrogen-bond donors (Lipinski definition) is 1. The first-order chi connectivity index (χ1) is 12.6. The molecule has 1 aromatic heterocycles. The zero-order chi connectivity index (χ0) is 20.0. The van der Waals surface area contributed by atoms with Crippen molar-refractivity contribution in [1.29, 1.82) is 0 Å². The van der Waals surface area contributed by atoms with Gasteiger partial charge in [-0.2, -0.15) is 13.2 Å². The van der Waals surface area contributed by atoms with E-state index in [4.69, 9.17) is 4.74 Å². The molecule has 1 aromatic carbocycles. The van der Waals surface area contributed by atoms with Gasteiger partial charge in [-0.25, -0.2) is 9.97 Å². The summed E-state index contributed by atoms with van der Waals surface area (Å²) in [6, 6.07) is 7.65. The molecule has 5 nitrogen and oxygen atoms in total. The first-order valence-corrected chi connectivity index (χ1v) is 8.54. The second-order valence-electron chi connectivity index (χ2n) is 6.50. The van der Waals surface area contributed by atoms with Crippen LogP contribution in [0.25, 0.3) is 11.1 Å². The maximum Gasteiger partial charge on any atom is 0.392 e. The van der Waals surface area contributed by atoms with Crippen molar-refractivity contribution in [3.8, 4) is 17.1 Å². The fraction of sp³-hybridized carbons (Fsp3) is 0.421. The first-order valence-electron chi connectivity index (χ1n) is 8.54. The molecular formula is C19H22F3N3O2. The molecule has 0 spiro atoms. The molecule has 0 fully saturated rings. The van der Waals surface area contributed by atoms with E-state index >= 15 is 0 Å². The second kappa shape index (κ2) is 8.83. The van der Waals surface area contributed by atoms with Gasteiger partial charge in [0.25, 0.3) is 0 Å². The zero-order valence-corrected chi connectivity index (χ0v) is 15.4. The molecule has 1 heterocycles. The predicted molar refractivity (Wildman–Crippen MR) is 95.2 cm³/mol. The summed E-state index contributed by atoms with van der Waals surface area (Å²) < 4.78 is 42.1. The molecule has 2 aromatic rings. The molecule has 1 amide bonds. The molecule has 146 valence electrons. The Balaban J connectivity index is 1.97. The van der Waals surface area contributed by atoms with E-state index in [1.165, 1.54) is 26.2 Å². The van der Waals surface area contributed by atoms with Crippen molar-refractivity contribution in [2.24, 2.45) is 0 Å². The van der Waals surface area contributed by atoms with Gasteiger partial charge in [0.05, 0.1) is 6.42 Å². The standard InChI is InChI=1S/C19H22F3N3O2/c1-12(25-14(3)26)8-15-4-6-16(7-5-15)17-10-23-18(24-11-17)27-13(2)9-19(20,21)22/h4-7,10-13H,8-9H2,1-3H3,(H,25,26). The van der Waals surface area contributed by atoms with E-state index in [0.29, 0.717) is 6.42 Å². The topological polar surface area (TPSA) is 64.1 Å². The van der Waals surface area contributed by atoms with Crippen LogP contribution in [0.4, 0.5) is 13.2 Å². The van der Waals surface area contributed by atoms with Gasteiger partial charge in [-0.05, 0) is 31.4 Å². The van der Waals surface area contributed by atoms with Gasteiger partial charge in [-0.1, -0.05) is 24.3 Å². The molecule has 0 saturated heterocycles. The first kappa shape index (κ1) is 20.7. The van der Waals surface area contributed by atoms with E-state index in [0.717, 1.165) is 16.7 Å². The summed E-state index contributed by atoms with van der Waals surface area (Å²) in [5.74, 6) is -0.0665. The molecule has 1 N–H and O–H groups in total. The van der Waals surface area contributed by atoms with Gasteiger partial charge in [-0.3, -0.25) is 4.79 Å². The molecular weight excluding hydrogens is 359 g/mol. The minimum atomic E-state index is -4.29. The Morgan fingerprint density at radius 1 is 1.11 bits per heavy atom. The highest BCUT2D eigenvalue weighted by Crippen LogP contribution is 2.24. The summed E-state index contributed by atoms with van der Waals surface area (Å²) >= 11 is 0. The molecule has 2 unspecified atom stereocenters. The number of nitrogens with zero attached hydrogens (tertiary/aromatic N) is 2. The normalized spacial score (nSPS) is 13.7. The Labute approximate surface area is 156 Å². The molecule has 0 aliphatic heterocycles. The highest BCUT2D eigenvalue weighted by atomic mass is 19.4. The summed E-state index contributed by atoms with van der Waals surface area (Å²) in [4.78, 5) is 19.0. The Hall–Kier alpha value is -2.64. The Kier molecular flexibility index (Phi) is 6.76. The molecule has 0 radical (unpaired) electrons. The van der Waals surface area contributed by atoms with Crippen LogP contribution in [-0.2, 0) is 11.2 Å². The Bertz CT molecular complexity index is 746. The number of hydrogen-bond acceptors (Lipinski definition) is 4. The summed E-state index contributed by atoms with van der Waals surface area (Å²) in [6.45, 7) is 4.74.